The zero-order valence-electron chi connectivity index (χ0n) is 25.2. The molecule has 0 aliphatic carbocycles. The molecule has 0 fully saturated rings. The topological polar surface area (TPSA) is 3.24 Å². The molecule has 0 N–H and O–H groups in total. The summed E-state index contributed by atoms with van der Waals surface area (Å²) in [6.07, 6.45) is 0. The normalized spacial score (nSPS) is 15.2. The van der Waals surface area contributed by atoms with Gasteiger partial charge < -0.3 is 4.90 Å². The predicted molar refractivity (Wildman–Crippen MR) is 192 cm³/mol. The fourth-order valence-electron chi connectivity index (χ4n) is 8.01. The van der Waals surface area contributed by atoms with Crippen molar-refractivity contribution < 1.29 is 0 Å². The summed E-state index contributed by atoms with van der Waals surface area (Å²) >= 11 is 1.94. The van der Waals surface area contributed by atoms with Crippen LogP contribution in [0.25, 0.3) is 0 Å². The molecular weight excluding hydrogens is 565 g/mol. The van der Waals surface area contributed by atoms with Gasteiger partial charge in [-0.15, -0.1) is 0 Å². The van der Waals surface area contributed by atoms with E-state index in [0.717, 1.165) is 0 Å². The summed E-state index contributed by atoms with van der Waals surface area (Å²) in [5.41, 5.74) is 9.75. The highest BCUT2D eigenvalue weighted by atomic mass is 32.2. The molecule has 0 unspecified atom stereocenters. The van der Waals surface area contributed by atoms with Crippen LogP contribution in [-0.4, -0.2) is 14.8 Å². The highest BCUT2D eigenvalue weighted by molar-refractivity contribution is 7.99. The first-order chi connectivity index (χ1) is 21.5. The standard InChI is InChI=1S/C40H32BNSSi/c1-40(2,3)27-25-32-38-36(26-27)44(29-17-9-5-10-18-29,30-19-11-6-12-20-30)35-24-14-23-34-39(35)42(38)37-31(21-13-22-33(37)43-34)41(32)28-15-7-4-8-16-28/h4-26H,1-3H3. The Morgan fingerprint density at radius 1 is 0.545 bits per heavy atom. The molecule has 44 heavy (non-hydrogen) atoms. The van der Waals surface area contributed by atoms with Gasteiger partial charge in [0.1, 0.15) is 0 Å². The van der Waals surface area contributed by atoms with Crippen molar-refractivity contribution in [2.45, 2.75) is 36.0 Å². The van der Waals surface area contributed by atoms with Gasteiger partial charge in [0, 0.05) is 15.5 Å². The number of benzene rings is 6. The van der Waals surface area contributed by atoms with Gasteiger partial charge in [-0.2, -0.15) is 0 Å². The highest BCUT2D eigenvalue weighted by Gasteiger charge is 2.54. The van der Waals surface area contributed by atoms with Crippen molar-refractivity contribution in [1.82, 2.24) is 0 Å². The van der Waals surface area contributed by atoms with E-state index in [2.05, 4.69) is 165 Å². The Hall–Kier alpha value is -4.25. The van der Waals surface area contributed by atoms with Crippen LogP contribution in [0, 0.1) is 0 Å². The smallest absolute Gasteiger partial charge is 0.246 e. The Morgan fingerprint density at radius 2 is 1.14 bits per heavy atom. The van der Waals surface area contributed by atoms with Crippen LogP contribution in [0.3, 0.4) is 0 Å². The lowest BCUT2D eigenvalue weighted by atomic mass is 9.35. The third-order valence-electron chi connectivity index (χ3n) is 9.90. The molecule has 1 nitrogen and oxygen atoms in total. The number of anilines is 3. The first-order valence-electron chi connectivity index (χ1n) is 15.6. The van der Waals surface area contributed by atoms with Crippen molar-refractivity contribution in [3.63, 3.8) is 0 Å². The Morgan fingerprint density at radius 3 is 1.77 bits per heavy atom. The second-order valence-electron chi connectivity index (χ2n) is 13.3. The van der Waals surface area contributed by atoms with E-state index in [4.69, 9.17) is 0 Å². The molecule has 0 bridgehead atoms. The van der Waals surface area contributed by atoms with E-state index in [1.54, 1.807) is 0 Å². The SMILES string of the molecule is CC(C)(C)c1cc2c3c(c1)[Si](c1ccccc1)(c1ccccc1)c1cccc4c1N3c1c(cccc1B2c1ccccc1)S4. The van der Waals surface area contributed by atoms with Crippen molar-refractivity contribution in [2.24, 2.45) is 0 Å². The van der Waals surface area contributed by atoms with Crippen LogP contribution < -0.4 is 42.0 Å². The van der Waals surface area contributed by atoms with E-state index in [1.165, 1.54) is 69.6 Å². The van der Waals surface area contributed by atoms with Crippen molar-refractivity contribution in [1.29, 1.82) is 0 Å². The van der Waals surface area contributed by atoms with Crippen molar-refractivity contribution in [3.8, 4) is 0 Å². The molecule has 0 saturated carbocycles. The third-order valence-corrected chi connectivity index (χ3v) is 15.8. The van der Waals surface area contributed by atoms with Gasteiger partial charge in [0.25, 0.3) is 0 Å². The zero-order chi connectivity index (χ0) is 29.6. The van der Waals surface area contributed by atoms with Gasteiger partial charge in [-0.05, 0) is 54.8 Å². The predicted octanol–water partition coefficient (Wildman–Crippen LogP) is 5.44. The van der Waals surface area contributed by atoms with Crippen LogP contribution in [0.4, 0.5) is 17.1 Å². The van der Waals surface area contributed by atoms with Crippen LogP contribution in [-0.2, 0) is 5.41 Å². The van der Waals surface area contributed by atoms with Gasteiger partial charge in [-0.1, -0.05) is 165 Å². The lowest BCUT2D eigenvalue weighted by Crippen LogP contribution is -2.79. The van der Waals surface area contributed by atoms with Gasteiger partial charge in [0.05, 0.1) is 11.4 Å². The zero-order valence-corrected chi connectivity index (χ0v) is 27.0. The maximum absolute atomic E-state index is 2.75. The molecule has 6 aromatic rings. The van der Waals surface area contributed by atoms with E-state index >= 15 is 0 Å². The van der Waals surface area contributed by atoms with Gasteiger partial charge >= 0.3 is 0 Å². The molecule has 3 aliphatic heterocycles. The van der Waals surface area contributed by atoms with Crippen LogP contribution >= 0.6 is 11.8 Å². The Bertz CT molecular complexity index is 2050. The number of nitrogens with zero attached hydrogens (tertiary/aromatic N) is 1. The van der Waals surface area contributed by atoms with Gasteiger partial charge in [-0.25, -0.2) is 0 Å². The van der Waals surface area contributed by atoms with Crippen molar-refractivity contribution in [3.05, 3.63) is 145 Å². The second kappa shape index (κ2) is 9.38. The molecule has 0 amide bonds. The summed E-state index contributed by atoms with van der Waals surface area (Å²) in [4.78, 5) is 5.38. The molecule has 4 heteroatoms. The molecule has 0 spiro atoms. The maximum Gasteiger partial charge on any atom is 0.246 e. The molecule has 3 aliphatic rings. The number of rotatable bonds is 3. The summed E-state index contributed by atoms with van der Waals surface area (Å²) in [6, 6.07) is 53.3. The number of para-hydroxylation sites is 2. The van der Waals surface area contributed by atoms with Crippen LogP contribution in [0.5, 0.6) is 0 Å². The molecule has 0 radical (unpaired) electrons. The van der Waals surface area contributed by atoms with E-state index in [9.17, 15) is 0 Å². The van der Waals surface area contributed by atoms with Crippen LogP contribution in [0.15, 0.2) is 149 Å². The Kier molecular flexibility index (Phi) is 5.58. The largest absolute Gasteiger partial charge is 0.309 e. The Balaban J connectivity index is 1.53. The third kappa shape index (κ3) is 3.44. The lowest BCUT2D eigenvalue weighted by Gasteiger charge is -2.51. The maximum atomic E-state index is 2.68. The molecular formula is C40H32BNSSi. The first kappa shape index (κ1) is 26.2. The second-order valence-corrected chi connectivity index (χ2v) is 18.1. The van der Waals surface area contributed by atoms with Crippen molar-refractivity contribution >= 4 is 80.7 Å². The molecule has 0 saturated heterocycles. The van der Waals surface area contributed by atoms with Gasteiger partial charge in [0.2, 0.25) is 6.71 Å². The molecule has 0 atom stereocenters. The van der Waals surface area contributed by atoms with Crippen LogP contribution in [0.2, 0.25) is 0 Å². The fourth-order valence-corrected chi connectivity index (χ4v) is 14.4. The Labute approximate surface area is 265 Å². The van der Waals surface area contributed by atoms with E-state index in [-0.39, 0.29) is 12.1 Å². The molecule has 0 aromatic heterocycles. The van der Waals surface area contributed by atoms with Crippen LogP contribution in [0.1, 0.15) is 26.3 Å². The lowest BCUT2D eigenvalue weighted by molar-refractivity contribution is 0.591. The monoisotopic (exact) mass is 597 g/mol. The summed E-state index contributed by atoms with van der Waals surface area (Å²) < 4.78 is 0. The fraction of sp³-hybridized carbons (Fsp3) is 0.100. The van der Waals surface area contributed by atoms with E-state index < -0.39 is 8.07 Å². The molecule has 6 aromatic carbocycles. The van der Waals surface area contributed by atoms with Crippen molar-refractivity contribution in [2.75, 3.05) is 4.90 Å². The summed E-state index contributed by atoms with van der Waals surface area (Å²) in [7, 11) is -2.75. The number of hydrogen-bond donors (Lipinski definition) is 0. The van der Waals surface area contributed by atoms with Gasteiger partial charge in [0.15, 0.2) is 8.07 Å². The molecule has 3 heterocycles. The minimum atomic E-state index is -2.75. The first-order valence-corrected chi connectivity index (χ1v) is 18.4. The average Bonchev–Trinajstić information content (AvgIpc) is 3.06. The van der Waals surface area contributed by atoms with E-state index in [1.807, 2.05) is 11.8 Å². The molecule has 9 rings (SSSR count). The van der Waals surface area contributed by atoms with E-state index in [0.29, 0.717) is 0 Å². The number of hydrogen-bond acceptors (Lipinski definition) is 2. The summed E-state index contributed by atoms with van der Waals surface area (Å²) in [6.45, 7) is 7.27. The quantitative estimate of drug-likeness (QED) is 0.250. The molecule has 210 valence electrons. The average molecular weight is 598 g/mol. The van der Waals surface area contributed by atoms with Gasteiger partial charge in [-0.3, -0.25) is 0 Å². The summed E-state index contributed by atoms with van der Waals surface area (Å²) in [5.74, 6) is 0. The minimum absolute atomic E-state index is 0.0116. The summed E-state index contributed by atoms with van der Waals surface area (Å²) in [5, 5.41) is 5.88. The highest BCUT2D eigenvalue weighted by Crippen LogP contribution is 2.53. The minimum Gasteiger partial charge on any atom is -0.309 e.